The van der Waals surface area contributed by atoms with Crippen molar-refractivity contribution in [3.8, 4) is 17.4 Å². The van der Waals surface area contributed by atoms with Crippen molar-refractivity contribution in [3.05, 3.63) is 60.2 Å². The topological polar surface area (TPSA) is 59.5 Å². The van der Waals surface area contributed by atoms with Gasteiger partial charge >= 0.3 is 0 Å². The minimum atomic E-state index is -0.367. The number of hydrogen-bond donors (Lipinski definition) is 1. The lowest BCUT2D eigenvalue weighted by Gasteiger charge is -2.16. The number of benzene rings is 1. The van der Waals surface area contributed by atoms with Crippen LogP contribution in [-0.2, 0) is 0 Å². The Balaban J connectivity index is 1.53. The Labute approximate surface area is 150 Å². The number of fused-ring (bicyclic) bond motifs is 1. The van der Waals surface area contributed by atoms with E-state index in [-0.39, 0.29) is 5.82 Å². The van der Waals surface area contributed by atoms with Crippen LogP contribution < -0.4 is 19.7 Å². The fourth-order valence-corrected chi connectivity index (χ4v) is 2.81. The molecule has 0 fully saturated rings. The fourth-order valence-electron chi connectivity index (χ4n) is 2.81. The second-order valence-corrected chi connectivity index (χ2v) is 5.88. The van der Waals surface area contributed by atoms with Gasteiger partial charge in [-0.15, -0.1) is 0 Å². The highest BCUT2D eigenvalue weighted by atomic mass is 19.1. The number of aromatic nitrogens is 2. The van der Waals surface area contributed by atoms with Gasteiger partial charge in [-0.2, -0.15) is 0 Å². The Hall–Kier alpha value is -3.35. The summed E-state index contributed by atoms with van der Waals surface area (Å²) in [4.78, 5) is 10.4. The number of ether oxygens (including phenoxy) is 2. The molecule has 0 aliphatic carbocycles. The number of hydrogen-bond acceptors (Lipinski definition) is 6. The molecule has 1 N–H and O–H groups in total. The number of rotatable bonds is 4. The van der Waals surface area contributed by atoms with Crippen molar-refractivity contribution in [3.63, 3.8) is 0 Å². The number of aryl methyl sites for hydroxylation is 1. The maximum absolute atomic E-state index is 13.3. The number of halogens is 1. The van der Waals surface area contributed by atoms with Crippen molar-refractivity contribution in [1.82, 2.24) is 9.97 Å². The molecule has 0 saturated carbocycles. The third-order valence-electron chi connectivity index (χ3n) is 4.15. The van der Waals surface area contributed by atoms with E-state index in [1.807, 2.05) is 36.1 Å². The maximum Gasteiger partial charge on any atom is 0.219 e. The molecule has 0 unspecified atom stereocenters. The molecule has 0 saturated heterocycles. The first-order chi connectivity index (χ1) is 12.6. The number of anilines is 3. The minimum absolute atomic E-state index is 0.367. The van der Waals surface area contributed by atoms with E-state index in [4.69, 9.17) is 9.47 Å². The summed E-state index contributed by atoms with van der Waals surface area (Å²) in [5.74, 6) is 2.19. The summed E-state index contributed by atoms with van der Waals surface area (Å²) in [6.45, 7) is 2.47. The van der Waals surface area contributed by atoms with Crippen LogP contribution in [0, 0.1) is 12.7 Å². The molecule has 0 radical (unpaired) electrons. The molecule has 132 valence electrons. The van der Waals surface area contributed by atoms with E-state index >= 15 is 0 Å². The molecule has 1 aliphatic rings. The zero-order valence-electron chi connectivity index (χ0n) is 14.4. The lowest BCUT2D eigenvalue weighted by Crippen LogP contribution is -2.17. The second-order valence-electron chi connectivity index (χ2n) is 5.88. The molecule has 26 heavy (non-hydrogen) atoms. The molecule has 0 spiro atoms. The highest BCUT2D eigenvalue weighted by molar-refractivity contribution is 5.77. The van der Waals surface area contributed by atoms with E-state index in [1.165, 1.54) is 12.3 Å². The van der Waals surface area contributed by atoms with E-state index in [9.17, 15) is 4.39 Å². The van der Waals surface area contributed by atoms with E-state index in [1.54, 1.807) is 19.4 Å². The molecule has 0 amide bonds. The normalized spacial score (nSPS) is 12.5. The van der Waals surface area contributed by atoms with E-state index < -0.39 is 0 Å². The summed E-state index contributed by atoms with van der Waals surface area (Å²) in [6, 6.07) is 10.7. The molecular formula is C19H17FN4O2. The number of methoxy groups -OCH3 is 1. The summed E-state index contributed by atoms with van der Waals surface area (Å²) in [5, 5.41) is 3.11. The Morgan fingerprint density at radius 3 is 2.77 bits per heavy atom. The lowest BCUT2D eigenvalue weighted by atomic mass is 10.2. The third-order valence-corrected chi connectivity index (χ3v) is 4.15. The van der Waals surface area contributed by atoms with Gasteiger partial charge in [0.05, 0.1) is 37.5 Å². The zero-order valence-corrected chi connectivity index (χ0v) is 14.4. The molecule has 1 aliphatic heterocycles. The van der Waals surface area contributed by atoms with Crippen molar-refractivity contribution in [2.45, 2.75) is 6.92 Å². The Kier molecular flexibility index (Phi) is 4.04. The van der Waals surface area contributed by atoms with Crippen LogP contribution in [0.4, 0.5) is 21.6 Å². The standard InChI is InChI=1S/C19H17FN4O2/c1-12-3-5-15(8-17(12)25-2)26-18-6-4-14(10-21-18)24-11-23-16-7-13(20)9-22-19(16)24/h3-10,23H,11H2,1-2H3. The average Bonchev–Trinajstić information content (AvgIpc) is 3.07. The van der Waals surface area contributed by atoms with Crippen LogP contribution in [0.1, 0.15) is 5.56 Å². The molecule has 0 atom stereocenters. The molecule has 3 heterocycles. The first-order valence-electron chi connectivity index (χ1n) is 8.09. The predicted molar refractivity (Wildman–Crippen MR) is 96.9 cm³/mol. The van der Waals surface area contributed by atoms with E-state index in [2.05, 4.69) is 15.3 Å². The van der Waals surface area contributed by atoms with Crippen LogP contribution in [0.5, 0.6) is 17.4 Å². The second kappa shape index (κ2) is 6.51. The number of nitrogens with one attached hydrogen (secondary N) is 1. The molecule has 2 aromatic heterocycles. The molecule has 7 heteroatoms. The highest BCUT2D eigenvalue weighted by Gasteiger charge is 2.22. The van der Waals surface area contributed by atoms with E-state index in [0.717, 1.165) is 17.0 Å². The molecule has 0 bridgehead atoms. The maximum atomic E-state index is 13.3. The van der Waals surface area contributed by atoms with Crippen LogP contribution in [0.2, 0.25) is 0 Å². The van der Waals surface area contributed by atoms with Crippen molar-refractivity contribution in [2.75, 3.05) is 24.0 Å². The van der Waals surface area contributed by atoms with Crippen LogP contribution in [0.25, 0.3) is 0 Å². The van der Waals surface area contributed by atoms with Gasteiger partial charge in [-0.25, -0.2) is 14.4 Å². The molecule has 4 rings (SSSR count). The van der Waals surface area contributed by atoms with Crippen LogP contribution >= 0.6 is 0 Å². The van der Waals surface area contributed by atoms with Crippen LogP contribution in [-0.4, -0.2) is 23.7 Å². The highest BCUT2D eigenvalue weighted by Crippen LogP contribution is 2.35. The van der Waals surface area contributed by atoms with Crippen molar-refractivity contribution < 1.29 is 13.9 Å². The van der Waals surface area contributed by atoms with Gasteiger partial charge in [-0.1, -0.05) is 6.07 Å². The van der Waals surface area contributed by atoms with Crippen LogP contribution in [0.15, 0.2) is 48.8 Å². The van der Waals surface area contributed by atoms with Gasteiger partial charge in [0.25, 0.3) is 0 Å². The first kappa shape index (κ1) is 16.1. The predicted octanol–water partition coefficient (Wildman–Crippen LogP) is 4.25. The fraction of sp³-hybridized carbons (Fsp3) is 0.158. The summed E-state index contributed by atoms with van der Waals surface area (Å²) in [7, 11) is 1.63. The Morgan fingerprint density at radius 1 is 1.12 bits per heavy atom. The molecule has 1 aromatic carbocycles. The molecule has 6 nitrogen and oxygen atoms in total. The molecular weight excluding hydrogens is 335 g/mol. The summed E-state index contributed by atoms with van der Waals surface area (Å²) < 4.78 is 24.4. The Bertz CT molecular complexity index is 947. The minimum Gasteiger partial charge on any atom is -0.496 e. The zero-order chi connectivity index (χ0) is 18.1. The SMILES string of the molecule is COc1cc(Oc2ccc(N3CNc4cc(F)cnc43)cn2)ccc1C. The van der Waals surface area contributed by atoms with Gasteiger partial charge in [-0.3, -0.25) is 0 Å². The Morgan fingerprint density at radius 2 is 2.00 bits per heavy atom. The van der Waals surface area contributed by atoms with Crippen molar-refractivity contribution >= 4 is 17.2 Å². The summed E-state index contributed by atoms with van der Waals surface area (Å²) in [6.07, 6.45) is 2.90. The largest absolute Gasteiger partial charge is 0.496 e. The van der Waals surface area contributed by atoms with Gasteiger partial charge in [0.1, 0.15) is 17.3 Å². The average molecular weight is 352 g/mol. The number of nitrogens with zero attached hydrogens (tertiary/aromatic N) is 3. The van der Waals surface area contributed by atoms with Crippen molar-refractivity contribution in [1.29, 1.82) is 0 Å². The number of pyridine rings is 2. The van der Waals surface area contributed by atoms with Crippen molar-refractivity contribution in [2.24, 2.45) is 0 Å². The van der Waals surface area contributed by atoms with Gasteiger partial charge < -0.3 is 19.7 Å². The summed E-state index contributed by atoms with van der Waals surface area (Å²) >= 11 is 0. The lowest BCUT2D eigenvalue weighted by molar-refractivity contribution is 0.404. The van der Waals surface area contributed by atoms with Gasteiger partial charge in [0.2, 0.25) is 5.88 Å². The summed E-state index contributed by atoms with van der Waals surface area (Å²) in [5.41, 5.74) is 2.54. The first-order valence-corrected chi connectivity index (χ1v) is 8.09. The quantitative estimate of drug-likeness (QED) is 0.758. The van der Waals surface area contributed by atoms with Crippen LogP contribution in [0.3, 0.4) is 0 Å². The van der Waals surface area contributed by atoms with Gasteiger partial charge in [0, 0.05) is 18.2 Å². The third kappa shape index (κ3) is 2.99. The molecule has 3 aromatic rings. The van der Waals surface area contributed by atoms with Gasteiger partial charge in [-0.05, 0) is 24.6 Å². The monoisotopic (exact) mass is 352 g/mol. The smallest absolute Gasteiger partial charge is 0.219 e. The van der Waals surface area contributed by atoms with Gasteiger partial charge in [0.15, 0.2) is 5.82 Å². The van der Waals surface area contributed by atoms with E-state index in [0.29, 0.717) is 29.8 Å².